The Balaban J connectivity index is 1.33. The first kappa shape index (κ1) is 22.0. The lowest BCUT2D eigenvalue weighted by atomic mass is 9.46. The molecule has 2 heterocycles. The Kier molecular flexibility index (Phi) is 4.84. The van der Waals surface area contributed by atoms with Crippen molar-refractivity contribution in [2.24, 2.45) is 46.3 Å². The third kappa shape index (κ3) is 2.64. The predicted molar refractivity (Wildman–Crippen MR) is 120 cm³/mol. The molecule has 4 aliphatic carbocycles. The normalized spacial score (nSPS) is 61.5. The van der Waals surface area contributed by atoms with E-state index in [1.165, 1.54) is 12.0 Å². The van der Waals surface area contributed by atoms with Crippen molar-refractivity contribution in [3.63, 3.8) is 0 Å². The van der Waals surface area contributed by atoms with Gasteiger partial charge in [0.1, 0.15) is 6.10 Å². The Morgan fingerprint density at radius 3 is 2.56 bits per heavy atom. The van der Waals surface area contributed by atoms with Gasteiger partial charge in [-0.25, -0.2) is 0 Å². The predicted octanol–water partition coefficient (Wildman–Crippen LogP) is 3.66. The van der Waals surface area contributed by atoms with E-state index in [4.69, 9.17) is 9.47 Å². The molecule has 0 bridgehead atoms. The van der Waals surface area contributed by atoms with Gasteiger partial charge >= 0.3 is 0 Å². The molecule has 0 aromatic rings. The molecule has 5 nitrogen and oxygen atoms in total. The van der Waals surface area contributed by atoms with Crippen LogP contribution in [0, 0.1) is 46.3 Å². The highest BCUT2D eigenvalue weighted by atomic mass is 16.7. The summed E-state index contributed by atoms with van der Waals surface area (Å²) in [6.45, 7) is 9.73. The molecule has 32 heavy (non-hydrogen) atoms. The Hall–Kier alpha value is -0.460. The smallest absolute Gasteiger partial charge is 0.197 e. The van der Waals surface area contributed by atoms with Crippen LogP contribution in [0.4, 0.5) is 0 Å². The fourth-order valence-electron chi connectivity index (χ4n) is 9.85. The van der Waals surface area contributed by atoms with Crippen LogP contribution in [-0.2, 0) is 9.47 Å². The molecule has 2 aliphatic heterocycles. The quantitative estimate of drug-likeness (QED) is 0.495. The van der Waals surface area contributed by atoms with Crippen LogP contribution in [0.5, 0.6) is 0 Å². The molecule has 13 atom stereocenters. The molecule has 0 aromatic heterocycles. The first-order chi connectivity index (χ1) is 15.1. The highest BCUT2D eigenvalue weighted by molar-refractivity contribution is 5.27. The average molecular weight is 447 g/mol. The van der Waals surface area contributed by atoms with Gasteiger partial charge in [0, 0.05) is 11.8 Å². The van der Waals surface area contributed by atoms with Crippen LogP contribution in [0.2, 0.25) is 0 Å². The van der Waals surface area contributed by atoms with Crippen LogP contribution in [0.3, 0.4) is 0 Å². The minimum atomic E-state index is -0.960. The fourth-order valence-corrected chi connectivity index (χ4v) is 9.85. The van der Waals surface area contributed by atoms with Gasteiger partial charge in [0.15, 0.2) is 5.79 Å². The van der Waals surface area contributed by atoms with Gasteiger partial charge in [-0.3, -0.25) is 0 Å². The van der Waals surface area contributed by atoms with Gasteiger partial charge in [-0.15, -0.1) is 0 Å². The van der Waals surface area contributed by atoms with E-state index in [2.05, 4.69) is 33.8 Å². The third-order valence-electron chi connectivity index (χ3n) is 11.4. The Labute approximate surface area is 192 Å². The number of ether oxygens (including phenoxy) is 2. The molecule has 5 heteroatoms. The van der Waals surface area contributed by atoms with Crippen molar-refractivity contribution in [2.75, 3.05) is 6.61 Å². The maximum Gasteiger partial charge on any atom is 0.197 e. The standard InChI is InChI=1S/C27H42O5/c1-14-11-20(29)27(31-13-14)15(2)21-24(32-27)23(30)22-18-6-5-16-12-17(28)7-9-25(16,3)19(18)8-10-26(21,22)4/h5,14-15,17-24,28-30H,6-13H2,1-4H3/t14-,15+,17+,18-,19+,20+,21+,22-,23-,24?,25+,26-,27+/m1/s1. The van der Waals surface area contributed by atoms with Gasteiger partial charge in [-0.2, -0.15) is 0 Å². The highest BCUT2D eigenvalue weighted by Crippen LogP contribution is 2.70. The second-order valence-electron chi connectivity index (χ2n) is 12.9. The van der Waals surface area contributed by atoms with Gasteiger partial charge in [0.05, 0.1) is 24.9 Å². The maximum absolute atomic E-state index is 11.8. The number of hydrogen-bond donors (Lipinski definition) is 3. The van der Waals surface area contributed by atoms with Crippen molar-refractivity contribution in [3.8, 4) is 0 Å². The first-order valence-corrected chi connectivity index (χ1v) is 13.2. The Morgan fingerprint density at radius 1 is 1.03 bits per heavy atom. The summed E-state index contributed by atoms with van der Waals surface area (Å²) in [6.07, 6.45) is 7.58. The van der Waals surface area contributed by atoms with Crippen molar-refractivity contribution < 1.29 is 24.8 Å². The zero-order valence-electron chi connectivity index (χ0n) is 20.2. The number of aliphatic hydroxyl groups excluding tert-OH is 3. The van der Waals surface area contributed by atoms with Crippen LogP contribution in [0.1, 0.15) is 72.6 Å². The molecular weight excluding hydrogens is 404 g/mol. The van der Waals surface area contributed by atoms with Gasteiger partial charge < -0.3 is 24.8 Å². The molecular formula is C27H42O5. The van der Waals surface area contributed by atoms with Gasteiger partial charge in [-0.05, 0) is 79.4 Å². The largest absolute Gasteiger partial charge is 0.393 e. The maximum atomic E-state index is 11.8. The second kappa shape index (κ2) is 7.04. The van der Waals surface area contributed by atoms with E-state index in [9.17, 15) is 15.3 Å². The number of aliphatic hydroxyl groups is 3. The van der Waals surface area contributed by atoms with E-state index in [0.29, 0.717) is 30.8 Å². The summed E-state index contributed by atoms with van der Waals surface area (Å²) in [5, 5.41) is 33.1. The summed E-state index contributed by atoms with van der Waals surface area (Å²) in [4.78, 5) is 0. The van der Waals surface area contributed by atoms with E-state index in [1.54, 1.807) is 0 Å². The van der Waals surface area contributed by atoms with Crippen molar-refractivity contribution >= 4 is 0 Å². The van der Waals surface area contributed by atoms with Crippen LogP contribution >= 0.6 is 0 Å². The monoisotopic (exact) mass is 446 g/mol. The van der Waals surface area contributed by atoms with Crippen LogP contribution < -0.4 is 0 Å². The summed E-state index contributed by atoms with van der Waals surface area (Å²) in [5.41, 5.74) is 1.62. The lowest BCUT2D eigenvalue weighted by Gasteiger charge is -2.59. The average Bonchev–Trinajstić information content (AvgIpc) is 3.16. The molecule has 1 spiro atoms. The van der Waals surface area contributed by atoms with Crippen molar-refractivity contribution in [1.29, 1.82) is 0 Å². The van der Waals surface area contributed by atoms with Crippen molar-refractivity contribution in [3.05, 3.63) is 11.6 Å². The molecule has 0 aromatic carbocycles. The third-order valence-corrected chi connectivity index (χ3v) is 11.4. The topological polar surface area (TPSA) is 79.2 Å². The van der Waals surface area contributed by atoms with Gasteiger partial charge in [0.2, 0.25) is 0 Å². The summed E-state index contributed by atoms with van der Waals surface area (Å²) < 4.78 is 12.9. The van der Waals surface area contributed by atoms with Crippen LogP contribution in [0.15, 0.2) is 11.6 Å². The molecule has 1 unspecified atom stereocenters. The van der Waals surface area contributed by atoms with Gasteiger partial charge in [-0.1, -0.05) is 39.3 Å². The minimum absolute atomic E-state index is 0.00378. The summed E-state index contributed by atoms with van der Waals surface area (Å²) in [7, 11) is 0. The molecule has 5 fully saturated rings. The van der Waals surface area contributed by atoms with E-state index in [1.807, 2.05) is 0 Å². The zero-order chi connectivity index (χ0) is 22.6. The molecule has 0 amide bonds. The molecule has 180 valence electrons. The summed E-state index contributed by atoms with van der Waals surface area (Å²) in [6, 6.07) is 0. The number of rotatable bonds is 0. The molecule has 0 radical (unpaired) electrons. The van der Waals surface area contributed by atoms with Crippen molar-refractivity contribution in [2.45, 2.75) is 103 Å². The van der Waals surface area contributed by atoms with E-state index in [-0.39, 0.29) is 40.8 Å². The number of allylic oxidation sites excluding steroid dienone is 1. The lowest BCUT2D eigenvalue weighted by molar-refractivity contribution is -0.322. The number of fused-ring (bicyclic) bond motifs is 7. The number of hydrogen-bond acceptors (Lipinski definition) is 5. The molecule has 6 aliphatic rings. The van der Waals surface area contributed by atoms with Crippen LogP contribution in [0.25, 0.3) is 0 Å². The Morgan fingerprint density at radius 2 is 1.81 bits per heavy atom. The van der Waals surface area contributed by atoms with Gasteiger partial charge in [0.25, 0.3) is 0 Å². The molecule has 2 saturated heterocycles. The SMILES string of the molecule is C[C@H]1CO[C@@]2(OC3[C@H]([C@@H]2C)[C@@]2(C)CC[C@H]4[C@@H](CC=C5C[C@@H](O)CC[C@@]54C)[C@@H]2[C@H]3O)[C@@H](O)C1. The minimum Gasteiger partial charge on any atom is -0.393 e. The molecule has 3 saturated carbocycles. The second-order valence-corrected chi connectivity index (χ2v) is 12.9. The van der Waals surface area contributed by atoms with E-state index < -0.39 is 18.0 Å². The fraction of sp³-hybridized carbons (Fsp3) is 0.926. The van der Waals surface area contributed by atoms with E-state index in [0.717, 1.165) is 32.1 Å². The molecule has 6 rings (SSSR count). The Bertz CT molecular complexity index is 812. The van der Waals surface area contributed by atoms with Crippen LogP contribution in [-0.4, -0.2) is 52.1 Å². The lowest BCUT2D eigenvalue weighted by Crippen LogP contribution is -2.58. The summed E-state index contributed by atoms with van der Waals surface area (Å²) in [5.74, 6) is 0.888. The van der Waals surface area contributed by atoms with Crippen molar-refractivity contribution in [1.82, 2.24) is 0 Å². The first-order valence-electron chi connectivity index (χ1n) is 13.2. The summed E-state index contributed by atoms with van der Waals surface area (Å²) >= 11 is 0. The highest BCUT2D eigenvalue weighted by Gasteiger charge is 2.73. The van der Waals surface area contributed by atoms with E-state index >= 15 is 0 Å². The zero-order valence-corrected chi connectivity index (χ0v) is 20.2. The molecule has 3 N–H and O–H groups in total.